The van der Waals surface area contributed by atoms with Gasteiger partial charge in [0.25, 0.3) is 0 Å². The molecule has 2 heterocycles. The molecular weight excluding hydrogens is 743 g/mol. The summed E-state index contributed by atoms with van der Waals surface area (Å²) in [7, 11) is 0. The van der Waals surface area contributed by atoms with Gasteiger partial charge in [0.15, 0.2) is 0 Å². The zero-order valence-electron chi connectivity index (χ0n) is 33.1. The van der Waals surface area contributed by atoms with Crippen molar-refractivity contribution in [2.45, 2.75) is 0 Å². The number of hydrogen-bond acceptors (Lipinski definition) is 3. The van der Waals surface area contributed by atoms with Gasteiger partial charge in [-0.05, 0) is 110 Å². The van der Waals surface area contributed by atoms with Crippen LogP contribution >= 0.6 is 0 Å². The smallest absolute Gasteiger partial charge is 0.144 e. The van der Waals surface area contributed by atoms with Crippen molar-refractivity contribution in [1.29, 1.82) is 0 Å². The summed E-state index contributed by atoms with van der Waals surface area (Å²) in [4.78, 5) is 2.36. The Morgan fingerprint density at radius 1 is 0.279 bits per heavy atom. The lowest BCUT2D eigenvalue weighted by atomic mass is 9.96. The molecule has 0 fully saturated rings. The van der Waals surface area contributed by atoms with Crippen LogP contribution in [-0.4, -0.2) is 0 Å². The molecule has 12 aromatic rings. The largest absolute Gasteiger partial charge is 0.456 e. The zero-order valence-corrected chi connectivity index (χ0v) is 33.1. The summed E-state index contributed by atoms with van der Waals surface area (Å²) in [5, 5.41) is 6.72. The van der Waals surface area contributed by atoms with Crippen LogP contribution in [0.1, 0.15) is 0 Å². The second-order valence-corrected chi connectivity index (χ2v) is 15.7. The molecule has 0 aliphatic heterocycles. The van der Waals surface area contributed by atoms with Gasteiger partial charge in [0.2, 0.25) is 0 Å². The summed E-state index contributed by atoms with van der Waals surface area (Å²) in [6.07, 6.45) is 0. The fourth-order valence-corrected chi connectivity index (χ4v) is 9.14. The molecule has 0 atom stereocenters. The van der Waals surface area contributed by atoms with E-state index in [4.69, 9.17) is 8.83 Å². The van der Waals surface area contributed by atoms with E-state index in [0.717, 1.165) is 83.2 Å². The molecule has 2 aromatic heterocycles. The van der Waals surface area contributed by atoms with E-state index in [0.29, 0.717) is 0 Å². The van der Waals surface area contributed by atoms with Crippen molar-refractivity contribution in [3.8, 4) is 44.5 Å². The summed E-state index contributed by atoms with van der Waals surface area (Å²) in [5.41, 5.74) is 15.6. The quantitative estimate of drug-likeness (QED) is 0.161. The van der Waals surface area contributed by atoms with E-state index in [-0.39, 0.29) is 0 Å². The third-order valence-corrected chi connectivity index (χ3v) is 12.0. The van der Waals surface area contributed by atoms with Gasteiger partial charge in [-0.25, -0.2) is 0 Å². The molecule has 0 N–H and O–H groups in total. The fraction of sp³-hybridized carbons (Fsp3) is 0. The van der Waals surface area contributed by atoms with Crippen molar-refractivity contribution in [2.24, 2.45) is 0 Å². The predicted molar refractivity (Wildman–Crippen MR) is 255 cm³/mol. The molecule has 61 heavy (non-hydrogen) atoms. The zero-order chi connectivity index (χ0) is 40.3. The van der Waals surface area contributed by atoms with Crippen LogP contribution in [0.15, 0.2) is 233 Å². The Bertz CT molecular complexity index is 3490. The normalized spacial score (nSPS) is 11.6. The van der Waals surface area contributed by atoms with E-state index < -0.39 is 0 Å². The lowest BCUT2D eigenvalue weighted by Crippen LogP contribution is -2.10. The fourth-order valence-electron chi connectivity index (χ4n) is 9.14. The van der Waals surface area contributed by atoms with E-state index >= 15 is 0 Å². The van der Waals surface area contributed by atoms with Gasteiger partial charge >= 0.3 is 0 Å². The number of nitrogens with zero attached hydrogens (tertiary/aromatic N) is 1. The molecule has 0 amide bonds. The minimum atomic E-state index is 0.843. The number of anilines is 3. The average molecular weight is 780 g/mol. The SMILES string of the molecule is c1ccc(-c2ccc(N(c3ccc(-c4cc5oc6ccc7ccccc7c6c5c5c4oc4ccccc45)cc3)c3cc(-c4ccccc4)cc(-c4ccccc4)c3)cc2)cc1. The molecule has 0 unspecified atom stereocenters. The molecule has 3 nitrogen and oxygen atoms in total. The van der Waals surface area contributed by atoms with Crippen LogP contribution in [-0.2, 0) is 0 Å². The van der Waals surface area contributed by atoms with Gasteiger partial charge in [0.1, 0.15) is 22.3 Å². The Morgan fingerprint density at radius 3 is 1.44 bits per heavy atom. The first-order valence-electron chi connectivity index (χ1n) is 20.7. The van der Waals surface area contributed by atoms with Crippen LogP contribution in [0.5, 0.6) is 0 Å². The number of rotatable bonds is 7. The third kappa shape index (κ3) is 5.98. The van der Waals surface area contributed by atoms with Crippen LogP contribution in [0.2, 0.25) is 0 Å². The number of furan rings is 2. The van der Waals surface area contributed by atoms with Gasteiger partial charge in [0.05, 0.1) is 0 Å². The maximum Gasteiger partial charge on any atom is 0.144 e. The van der Waals surface area contributed by atoms with Crippen LogP contribution in [0.25, 0.3) is 99.2 Å². The molecule has 10 aromatic carbocycles. The van der Waals surface area contributed by atoms with E-state index in [9.17, 15) is 0 Å². The van der Waals surface area contributed by atoms with E-state index in [2.05, 4.69) is 223 Å². The summed E-state index contributed by atoms with van der Waals surface area (Å²) >= 11 is 0. The van der Waals surface area contributed by atoms with Crippen LogP contribution < -0.4 is 4.90 Å². The molecule has 0 bridgehead atoms. The number of benzene rings is 10. The third-order valence-electron chi connectivity index (χ3n) is 12.0. The van der Waals surface area contributed by atoms with Crippen LogP contribution in [0.3, 0.4) is 0 Å². The standard InChI is InChI=1S/C58H37NO2/c1-4-14-38(15-5-1)41-24-29-46(30-25-41)59(48-35-44(39-16-6-2-7-17-39)34-45(36-48)40-18-8-3-9-19-40)47-31-26-43(27-32-47)51-37-54-57(56-50-22-12-13-23-52(50)61-58(51)56)55-49-21-11-10-20-42(49)28-33-53(55)60-54/h1-37H. The highest BCUT2D eigenvalue weighted by Crippen LogP contribution is 2.47. The Balaban J connectivity index is 1.05. The minimum absolute atomic E-state index is 0.843. The molecular formula is C58H37NO2. The maximum atomic E-state index is 6.80. The molecule has 0 saturated carbocycles. The van der Waals surface area contributed by atoms with Crippen molar-refractivity contribution in [2.75, 3.05) is 4.90 Å². The van der Waals surface area contributed by atoms with Crippen LogP contribution in [0, 0.1) is 0 Å². The monoisotopic (exact) mass is 779 g/mol. The first-order chi connectivity index (χ1) is 30.2. The summed E-state index contributed by atoms with van der Waals surface area (Å²) < 4.78 is 13.5. The Labute approximate surface area is 353 Å². The Kier molecular flexibility index (Phi) is 8.17. The van der Waals surface area contributed by atoms with Gasteiger partial charge in [0, 0.05) is 44.2 Å². The van der Waals surface area contributed by atoms with Gasteiger partial charge in [-0.2, -0.15) is 0 Å². The highest BCUT2D eigenvalue weighted by molar-refractivity contribution is 6.32. The average Bonchev–Trinajstić information content (AvgIpc) is 3.91. The lowest BCUT2D eigenvalue weighted by Gasteiger charge is -2.27. The summed E-state index contributed by atoms with van der Waals surface area (Å²) in [6, 6.07) is 79.8. The lowest BCUT2D eigenvalue weighted by molar-refractivity contribution is 0.664. The van der Waals surface area contributed by atoms with E-state index in [1.54, 1.807) is 0 Å². The number of hydrogen-bond donors (Lipinski definition) is 0. The molecule has 12 rings (SSSR count). The summed E-state index contributed by atoms with van der Waals surface area (Å²) in [6.45, 7) is 0. The van der Waals surface area contributed by atoms with Crippen LogP contribution in [0.4, 0.5) is 17.1 Å². The van der Waals surface area contributed by atoms with Crippen molar-refractivity contribution < 1.29 is 8.83 Å². The number of para-hydroxylation sites is 1. The molecule has 0 saturated heterocycles. The van der Waals surface area contributed by atoms with E-state index in [1.165, 1.54) is 33.0 Å². The molecule has 0 aliphatic carbocycles. The van der Waals surface area contributed by atoms with Crippen molar-refractivity contribution in [1.82, 2.24) is 0 Å². The van der Waals surface area contributed by atoms with Gasteiger partial charge < -0.3 is 13.7 Å². The van der Waals surface area contributed by atoms with Gasteiger partial charge in [-0.3, -0.25) is 0 Å². The highest BCUT2D eigenvalue weighted by Gasteiger charge is 2.23. The second-order valence-electron chi connectivity index (χ2n) is 15.7. The molecule has 0 radical (unpaired) electrons. The Morgan fingerprint density at radius 2 is 0.803 bits per heavy atom. The number of fused-ring (bicyclic) bond motifs is 9. The van der Waals surface area contributed by atoms with E-state index in [1.807, 2.05) is 6.07 Å². The summed E-state index contributed by atoms with van der Waals surface area (Å²) in [5.74, 6) is 0. The first kappa shape index (κ1) is 34.9. The molecule has 0 spiro atoms. The van der Waals surface area contributed by atoms with Crippen molar-refractivity contribution in [3.05, 3.63) is 224 Å². The first-order valence-corrected chi connectivity index (χ1v) is 20.7. The molecule has 0 aliphatic rings. The van der Waals surface area contributed by atoms with Gasteiger partial charge in [-0.15, -0.1) is 0 Å². The topological polar surface area (TPSA) is 29.5 Å². The minimum Gasteiger partial charge on any atom is -0.456 e. The molecule has 286 valence electrons. The van der Waals surface area contributed by atoms with Crippen molar-refractivity contribution >= 4 is 71.7 Å². The second kappa shape index (κ2) is 14.3. The Hall–Kier alpha value is -8.14. The molecule has 3 heteroatoms. The maximum absolute atomic E-state index is 6.80. The highest BCUT2D eigenvalue weighted by atomic mass is 16.3. The predicted octanol–water partition coefficient (Wildman–Crippen LogP) is 16.8. The van der Waals surface area contributed by atoms with Crippen molar-refractivity contribution in [3.63, 3.8) is 0 Å². The van der Waals surface area contributed by atoms with Gasteiger partial charge in [-0.1, -0.05) is 164 Å².